The molecule has 1 atom stereocenters. The Morgan fingerprint density at radius 1 is 1.62 bits per heavy atom. The predicted molar refractivity (Wildman–Crippen MR) is 53.6 cm³/mol. The molecule has 0 bridgehead atoms. The standard InChI is InChI=1S/C10H20N2O/c1-5-11-9(13)12-7-8(2)6-10(12,3)4/h8H,5-7H2,1-4H3,(H,11,13). The van der Waals surface area contributed by atoms with Gasteiger partial charge in [-0.15, -0.1) is 0 Å². The lowest BCUT2D eigenvalue weighted by molar-refractivity contribution is 0.165. The molecule has 3 heteroatoms. The molecule has 0 radical (unpaired) electrons. The van der Waals surface area contributed by atoms with Crippen LogP contribution in [0, 0.1) is 5.92 Å². The Bertz CT molecular complexity index is 201. The number of nitrogens with one attached hydrogen (secondary N) is 1. The second-order valence-corrected chi connectivity index (χ2v) is 4.57. The number of amides is 2. The van der Waals surface area contributed by atoms with Crippen molar-refractivity contribution in [2.24, 2.45) is 5.92 Å². The molecule has 1 fully saturated rings. The van der Waals surface area contributed by atoms with Crippen molar-refractivity contribution < 1.29 is 4.79 Å². The van der Waals surface area contributed by atoms with Crippen molar-refractivity contribution in [2.75, 3.05) is 13.1 Å². The zero-order valence-electron chi connectivity index (χ0n) is 9.05. The van der Waals surface area contributed by atoms with E-state index in [1.165, 1.54) is 0 Å². The molecule has 1 heterocycles. The lowest BCUT2D eigenvalue weighted by Gasteiger charge is -2.31. The molecular formula is C10H20N2O. The van der Waals surface area contributed by atoms with E-state index < -0.39 is 0 Å². The summed E-state index contributed by atoms with van der Waals surface area (Å²) in [4.78, 5) is 13.6. The first-order valence-electron chi connectivity index (χ1n) is 5.03. The van der Waals surface area contributed by atoms with Gasteiger partial charge in [0.2, 0.25) is 0 Å². The molecule has 13 heavy (non-hydrogen) atoms. The molecule has 1 N–H and O–H groups in total. The molecule has 2 amide bonds. The maximum atomic E-state index is 11.6. The molecule has 0 spiro atoms. The van der Waals surface area contributed by atoms with Crippen molar-refractivity contribution >= 4 is 6.03 Å². The molecule has 1 aliphatic heterocycles. The molecular weight excluding hydrogens is 164 g/mol. The lowest BCUT2D eigenvalue weighted by atomic mass is 9.98. The van der Waals surface area contributed by atoms with Crippen molar-refractivity contribution in [3.63, 3.8) is 0 Å². The Hall–Kier alpha value is -0.730. The third-order valence-corrected chi connectivity index (χ3v) is 2.65. The number of carbonyl (C=O) groups excluding carboxylic acids is 1. The summed E-state index contributed by atoms with van der Waals surface area (Å²) in [5.74, 6) is 0.623. The number of carbonyl (C=O) groups is 1. The van der Waals surface area contributed by atoms with E-state index in [0.717, 1.165) is 13.0 Å². The fourth-order valence-corrected chi connectivity index (χ4v) is 2.19. The second-order valence-electron chi connectivity index (χ2n) is 4.57. The van der Waals surface area contributed by atoms with Crippen LogP contribution in [0.4, 0.5) is 4.79 Å². The van der Waals surface area contributed by atoms with E-state index in [1.54, 1.807) is 0 Å². The first kappa shape index (κ1) is 10.4. The largest absolute Gasteiger partial charge is 0.338 e. The van der Waals surface area contributed by atoms with Gasteiger partial charge < -0.3 is 10.2 Å². The first-order chi connectivity index (χ1) is 5.97. The van der Waals surface area contributed by atoms with Crippen LogP contribution in [0.1, 0.15) is 34.1 Å². The van der Waals surface area contributed by atoms with Crippen LogP contribution in [-0.4, -0.2) is 29.6 Å². The van der Waals surface area contributed by atoms with Crippen LogP contribution in [0.25, 0.3) is 0 Å². The molecule has 3 nitrogen and oxygen atoms in total. The minimum absolute atomic E-state index is 0.0265. The maximum Gasteiger partial charge on any atom is 0.317 e. The molecule has 76 valence electrons. The summed E-state index contributed by atoms with van der Waals surface area (Å²) in [5, 5.41) is 2.85. The summed E-state index contributed by atoms with van der Waals surface area (Å²) in [6.07, 6.45) is 1.10. The van der Waals surface area contributed by atoms with Crippen LogP contribution >= 0.6 is 0 Å². The van der Waals surface area contributed by atoms with Crippen LogP contribution in [0.5, 0.6) is 0 Å². The number of urea groups is 1. The third-order valence-electron chi connectivity index (χ3n) is 2.65. The fraction of sp³-hybridized carbons (Fsp3) is 0.900. The molecule has 0 aromatic heterocycles. The Morgan fingerprint density at radius 3 is 2.62 bits per heavy atom. The zero-order chi connectivity index (χ0) is 10.1. The topological polar surface area (TPSA) is 32.3 Å². The number of rotatable bonds is 1. The highest BCUT2D eigenvalue weighted by Gasteiger charge is 2.38. The van der Waals surface area contributed by atoms with E-state index in [9.17, 15) is 4.79 Å². The first-order valence-corrected chi connectivity index (χ1v) is 5.03. The van der Waals surface area contributed by atoms with Crippen LogP contribution in [0.2, 0.25) is 0 Å². The average Bonchev–Trinajstić information content (AvgIpc) is 2.24. The van der Waals surface area contributed by atoms with Gasteiger partial charge in [-0.25, -0.2) is 4.79 Å². The molecule has 1 rings (SSSR count). The van der Waals surface area contributed by atoms with Gasteiger partial charge in [-0.1, -0.05) is 6.92 Å². The van der Waals surface area contributed by atoms with Crippen molar-refractivity contribution in [2.45, 2.75) is 39.7 Å². The van der Waals surface area contributed by atoms with Gasteiger partial charge in [0, 0.05) is 18.6 Å². The number of hydrogen-bond donors (Lipinski definition) is 1. The second kappa shape index (κ2) is 3.56. The Balaban J connectivity index is 2.64. The zero-order valence-corrected chi connectivity index (χ0v) is 9.05. The van der Waals surface area contributed by atoms with E-state index in [-0.39, 0.29) is 11.6 Å². The Labute approximate surface area is 80.5 Å². The predicted octanol–water partition coefficient (Wildman–Crippen LogP) is 1.84. The Morgan fingerprint density at radius 2 is 2.23 bits per heavy atom. The van der Waals surface area contributed by atoms with Crippen molar-refractivity contribution in [1.29, 1.82) is 0 Å². The SMILES string of the molecule is CCNC(=O)N1CC(C)CC1(C)C. The van der Waals surface area contributed by atoms with Crippen molar-refractivity contribution in [1.82, 2.24) is 10.2 Å². The highest BCUT2D eigenvalue weighted by atomic mass is 16.2. The summed E-state index contributed by atoms with van der Waals surface area (Å²) in [6.45, 7) is 10.0. The van der Waals surface area contributed by atoms with Gasteiger partial charge in [0.05, 0.1) is 0 Å². The highest BCUT2D eigenvalue weighted by Crippen LogP contribution is 2.31. The van der Waals surface area contributed by atoms with Gasteiger partial charge in [0.25, 0.3) is 0 Å². The van der Waals surface area contributed by atoms with Gasteiger partial charge >= 0.3 is 6.03 Å². The van der Waals surface area contributed by atoms with Crippen LogP contribution in [-0.2, 0) is 0 Å². The molecule has 0 aromatic carbocycles. The van der Waals surface area contributed by atoms with E-state index in [4.69, 9.17) is 0 Å². The fourth-order valence-electron chi connectivity index (χ4n) is 2.19. The van der Waals surface area contributed by atoms with E-state index >= 15 is 0 Å². The van der Waals surface area contributed by atoms with E-state index in [0.29, 0.717) is 12.5 Å². The maximum absolute atomic E-state index is 11.6. The quantitative estimate of drug-likeness (QED) is 0.662. The highest BCUT2D eigenvalue weighted by molar-refractivity contribution is 5.75. The minimum Gasteiger partial charge on any atom is -0.338 e. The Kier molecular flexibility index (Phi) is 2.84. The average molecular weight is 184 g/mol. The molecule has 0 aliphatic carbocycles. The van der Waals surface area contributed by atoms with Gasteiger partial charge in [-0.3, -0.25) is 0 Å². The number of nitrogens with zero attached hydrogens (tertiary/aromatic N) is 1. The lowest BCUT2D eigenvalue weighted by Crippen LogP contribution is -2.47. The van der Waals surface area contributed by atoms with E-state index in [2.05, 4.69) is 26.1 Å². The van der Waals surface area contributed by atoms with Crippen LogP contribution < -0.4 is 5.32 Å². The summed E-state index contributed by atoms with van der Waals surface area (Å²) in [6, 6.07) is 0.0804. The van der Waals surface area contributed by atoms with Gasteiger partial charge in [0.15, 0.2) is 0 Å². The summed E-state index contributed by atoms with van der Waals surface area (Å²) < 4.78 is 0. The number of hydrogen-bond acceptors (Lipinski definition) is 1. The smallest absolute Gasteiger partial charge is 0.317 e. The summed E-state index contributed by atoms with van der Waals surface area (Å²) in [7, 11) is 0. The summed E-state index contributed by atoms with van der Waals surface area (Å²) in [5.41, 5.74) is 0.0265. The van der Waals surface area contributed by atoms with Gasteiger partial charge in [-0.05, 0) is 33.1 Å². The minimum atomic E-state index is 0.0265. The molecule has 0 aromatic rings. The number of likely N-dealkylation sites (tertiary alicyclic amines) is 1. The van der Waals surface area contributed by atoms with Gasteiger partial charge in [-0.2, -0.15) is 0 Å². The third kappa shape index (κ3) is 2.14. The molecule has 1 unspecified atom stereocenters. The van der Waals surface area contributed by atoms with E-state index in [1.807, 2.05) is 11.8 Å². The monoisotopic (exact) mass is 184 g/mol. The van der Waals surface area contributed by atoms with Gasteiger partial charge in [0.1, 0.15) is 0 Å². The van der Waals surface area contributed by atoms with Crippen molar-refractivity contribution in [3.05, 3.63) is 0 Å². The molecule has 1 aliphatic rings. The van der Waals surface area contributed by atoms with Crippen LogP contribution in [0.15, 0.2) is 0 Å². The van der Waals surface area contributed by atoms with Crippen molar-refractivity contribution in [3.8, 4) is 0 Å². The normalized spacial score (nSPS) is 26.2. The van der Waals surface area contributed by atoms with Crippen LogP contribution in [0.3, 0.4) is 0 Å². The summed E-state index contributed by atoms with van der Waals surface area (Å²) >= 11 is 0. The molecule has 1 saturated heterocycles. The molecule has 0 saturated carbocycles.